The maximum absolute atomic E-state index is 12.2. The summed E-state index contributed by atoms with van der Waals surface area (Å²) in [6.07, 6.45) is 0. The molecular formula is C20H24ClNO4. The van der Waals surface area contributed by atoms with E-state index in [0.717, 1.165) is 5.56 Å². The van der Waals surface area contributed by atoms with E-state index in [9.17, 15) is 9.90 Å². The van der Waals surface area contributed by atoms with Gasteiger partial charge in [-0.3, -0.25) is 4.79 Å². The smallest absolute Gasteiger partial charge is 0.237 e. The number of halogens is 1. The fraction of sp³-hybridized carbons (Fsp3) is 0.350. The largest absolute Gasteiger partial charge is 0.497 e. The quantitative estimate of drug-likeness (QED) is 0.682. The lowest BCUT2D eigenvalue weighted by Crippen LogP contribution is -2.47. The van der Waals surface area contributed by atoms with Gasteiger partial charge in [0.25, 0.3) is 0 Å². The zero-order valence-corrected chi connectivity index (χ0v) is 15.8. The average molecular weight is 378 g/mol. The van der Waals surface area contributed by atoms with Crippen LogP contribution in [0.2, 0.25) is 0 Å². The van der Waals surface area contributed by atoms with Crippen LogP contribution in [0, 0.1) is 0 Å². The van der Waals surface area contributed by atoms with Crippen molar-refractivity contribution in [3.8, 4) is 11.5 Å². The lowest BCUT2D eigenvalue weighted by molar-refractivity contribution is -0.133. The molecule has 5 nitrogen and oxygen atoms in total. The second-order valence-electron chi connectivity index (χ2n) is 6.33. The first kappa shape index (κ1) is 20.1. The molecule has 0 radical (unpaired) electrons. The van der Waals surface area contributed by atoms with Gasteiger partial charge in [0.1, 0.15) is 29.6 Å². The highest BCUT2D eigenvalue weighted by molar-refractivity contribution is 6.27. The van der Waals surface area contributed by atoms with E-state index in [1.807, 2.05) is 42.5 Å². The highest BCUT2D eigenvalue weighted by Crippen LogP contribution is 2.20. The van der Waals surface area contributed by atoms with E-state index in [1.54, 1.807) is 26.2 Å². The van der Waals surface area contributed by atoms with Crippen molar-refractivity contribution in [3.05, 3.63) is 60.2 Å². The SMILES string of the molecule is COc1cccc(OCC(C)(O)CN(Cc2ccccc2)C(=O)CCl)c1. The molecule has 0 heterocycles. The Balaban J connectivity index is 2.01. The van der Waals surface area contributed by atoms with Gasteiger partial charge >= 0.3 is 0 Å². The van der Waals surface area contributed by atoms with Crippen molar-refractivity contribution < 1.29 is 19.4 Å². The van der Waals surface area contributed by atoms with Gasteiger partial charge in [-0.2, -0.15) is 0 Å². The maximum Gasteiger partial charge on any atom is 0.237 e. The Kier molecular flexibility index (Phi) is 7.30. The summed E-state index contributed by atoms with van der Waals surface area (Å²) >= 11 is 5.73. The summed E-state index contributed by atoms with van der Waals surface area (Å²) in [5.41, 5.74) is -0.268. The lowest BCUT2D eigenvalue weighted by atomic mass is 10.1. The third-order valence-electron chi connectivity index (χ3n) is 3.81. The molecule has 0 bridgehead atoms. The summed E-state index contributed by atoms with van der Waals surface area (Å²) in [5.74, 6) is 0.880. The van der Waals surface area contributed by atoms with E-state index in [2.05, 4.69) is 0 Å². The monoisotopic (exact) mass is 377 g/mol. The van der Waals surface area contributed by atoms with Gasteiger partial charge < -0.3 is 19.5 Å². The van der Waals surface area contributed by atoms with Crippen LogP contribution in [0.5, 0.6) is 11.5 Å². The minimum Gasteiger partial charge on any atom is -0.497 e. The number of methoxy groups -OCH3 is 1. The van der Waals surface area contributed by atoms with Crippen molar-refractivity contribution in [2.75, 3.05) is 26.1 Å². The van der Waals surface area contributed by atoms with Crippen LogP contribution in [-0.4, -0.2) is 47.7 Å². The molecule has 2 rings (SSSR count). The number of carbonyl (C=O) groups excluding carboxylic acids is 1. The average Bonchev–Trinajstić information content (AvgIpc) is 2.66. The van der Waals surface area contributed by atoms with Crippen LogP contribution in [0.25, 0.3) is 0 Å². The number of carbonyl (C=O) groups is 1. The Labute approximate surface area is 159 Å². The summed E-state index contributed by atoms with van der Waals surface area (Å²) in [4.78, 5) is 13.7. The van der Waals surface area contributed by atoms with Gasteiger partial charge in [0.05, 0.1) is 13.7 Å². The molecule has 0 aromatic heterocycles. The molecule has 1 N–H and O–H groups in total. The van der Waals surface area contributed by atoms with Crippen molar-refractivity contribution >= 4 is 17.5 Å². The molecule has 140 valence electrons. The molecule has 1 amide bonds. The van der Waals surface area contributed by atoms with Gasteiger partial charge in [-0.25, -0.2) is 0 Å². The van der Waals surface area contributed by atoms with E-state index < -0.39 is 5.60 Å². The molecule has 0 aliphatic carbocycles. The fourth-order valence-corrected chi connectivity index (χ4v) is 2.68. The van der Waals surface area contributed by atoms with Gasteiger partial charge in [0.15, 0.2) is 0 Å². The maximum atomic E-state index is 12.2. The summed E-state index contributed by atoms with van der Waals surface area (Å²) < 4.78 is 10.8. The minimum absolute atomic E-state index is 0.0288. The highest BCUT2D eigenvalue weighted by atomic mass is 35.5. The molecule has 2 aromatic carbocycles. The van der Waals surface area contributed by atoms with Crippen LogP contribution >= 0.6 is 11.6 Å². The van der Waals surface area contributed by atoms with Crippen molar-refractivity contribution in [2.45, 2.75) is 19.1 Å². The number of aliphatic hydroxyl groups is 1. The normalized spacial score (nSPS) is 12.9. The first-order valence-electron chi connectivity index (χ1n) is 8.30. The van der Waals surface area contributed by atoms with Gasteiger partial charge in [0.2, 0.25) is 5.91 Å². The standard InChI is InChI=1S/C20H24ClNO4/c1-20(24,15-26-18-10-6-9-17(11-18)25-2)14-22(19(23)12-21)13-16-7-4-3-5-8-16/h3-11,24H,12-15H2,1-2H3. The fourth-order valence-electron chi connectivity index (χ4n) is 2.51. The Bertz CT molecular complexity index is 706. The van der Waals surface area contributed by atoms with Crippen LogP contribution in [0.4, 0.5) is 0 Å². The minimum atomic E-state index is -1.24. The molecule has 0 fully saturated rings. The van der Waals surface area contributed by atoms with Gasteiger partial charge in [-0.05, 0) is 24.6 Å². The van der Waals surface area contributed by atoms with Crippen molar-refractivity contribution in [3.63, 3.8) is 0 Å². The second-order valence-corrected chi connectivity index (χ2v) is 6.60. The number of alkyl halides is 1. The molecule has 6 heteroatoms. The van der Waals surface area contributed by atoms with Crippen LogP contribution in [-0.2, 0) is 11.3 Å². The van der Waals surface area contributed by atoms with Crippen LogP contribution < -0.4 is 9.47 Å². The molecule has 0 saturated carbocycles. The number of hydrogen-bond acceptors (Lipinski definition) is 4. The molecule has 1 atom stereocenters. The molecule has 2 aromatic rings. The van der Waals surface area contributed by atoms with Crippen LogP contribution in [0.1, 0.15) is 12.5 Å². The summed E-state index contributed by atoms with van der Waals surface area (Å²) in [6, 6.07) is 16.7. The molecule has 0 aliphatic rings. The summed E-state index contributed by atoms with van der Waals surface area (Å²) in [7, 11) is 1.58. The number of benzene rings is 2. The predicted molar refractivity (Wildman–Crippen MR) is 102 cm³/mol. The van der Waals surface area contributed by atoms with Gasteiger partial charge in [0, 0.05) is 12.6 Å². The first-order valence-corrected chi connectivity index (χ1v) is 8.84. The summed E-state index contributed by atoms with van der Waals surface area (Å²) in [6.45, 7) is 2.15. The second kappa shape index (κ2) is 9.46. The molecule has 0 aliphatic heterocycles. The Morgan fingerprint density at radius 2 is 1.85 bits per heavy atom. The van der Waals surface area contributed by atoms with Gasteiger partial charge in [-0.15, -0.1) is 11.6 Å². The van der Waals surface area contributed by atoms with E-state index >= 15 is 0 Å². The molecule has 0 saturated heterocycles. The molecule has 0 spiro atoms. The van der Waals surface area contributed by atoms with Crippen molar-refractivity contribution in [2.24, 2.45) is 0 Å². The topological polar surface area (TPSA) is 59.0 Å². The highest BCUT2D eigenvalue weighted by Gasteiger charge is 2.27. The van der Waals surface area contributed by atoms with E-state index in [-0.39, 0.29) is 24.9 Å². The first-order chi connectivity index (χ1) is 12.4. The summed E-state index contributed by atoms with van der Waals surface area (Å²) in [5, 5.41) is 10.7. The Hall–Kier alpha value is -2.24. The van der Waals surface area contributed by atoms with Crippen molar-refractivity contribution in [1.29, 1.82) is 0 Å². The van der Waals surface area contributed by atoms with E-state index in [1.165, 1.54) is 4.90 Å². The number of rotatable bonds is 9. The third kappa shape index (κ3) is 6.24. The van der Waals surface area contributed by atoms with Crippen LogP contribution in [0.15, 0.2) is 54.6 Å². The Morgan fingerprint density at radius 3 is 2.50 bits per heavy atom. The third-order valence-corrected chi connectivity index (χ3v) is 4.03. The molecule has 1 unspecified atom stereocenters. The van der Waals surface area contributed by atoms with Gasteiger partial charge in [-0.1, -0.05) is 36.4 Å². The lowest BCUT2D eigenvalue weighted by Gasteiger charge is -2.31. The Morgan fingerprint density at radius 1 is 1.15 bits per heavy atom. The molecular weight excluding hydrogens is 354 g/mol. The number of nitrogens with zero attached hydrogens (tertiary/aromatic N) is 1. The number of hydrogen-bond donors (Lipinski definition) is 1. The van der Waals surface area contributed by atoms with Crippen LogP contribution in [0.3, 0.4) is 0 Å². The number of amides is 1. The van der Waals surface area contributed by atoms with E-state index in [4.69, 9.17) is 21.1 Å². The van der Waals surface area contributed by atoms with Crippen molar-refractivity contribution in [1.82, 2.24) is 4.90 Å². The number of ether oxygens (including phenoxy) is 2. The predicted octanol–water partition coefficient (Wildman–Crippen LogP) is 3.09. The van der Waals surface area contributed by atoms with E-state index in [0.29, 0.717) is 18.0 Å². The zero-order chi connectivity index (χ0) is 19.0. The zero-order valence-electron chi connectivity index (χ0n) is 15.0. The molecule has 26 heavy (non-hydrogen) atoms.